The Hall–Kier alpha value is -4.70. The number of benzene rings is 3. The Bertz CT molecular complexity index is 1270. The second kappa shape index (κ2) is 8.76. The summed E-state index contributed by atoms with van der Waals surface area (Å²) >= 11 is 0. The van der Waals surface area contributed by atoms with Crippen molar-refractivity contribution in [1.29, 1.82) is 5.26 Å². The summed E-state index contributed by atoms with van der Waals surface area (Å²) in [6.45, 7) is 0. The summed E-state index contributed by atoms with van der Waals surface area (Å²) in [5.41, 5.74) is 7.82. The third-order valence-corrected chi connectivity index (χ3v) is 4.57. The first-order chi connectivity index (χ1) is 15.2. The van der Waals surface area contributed by atoms with Gasteiger partial charge in [0.2, 0.25) is 0 Å². The van der Waals surface area contributed by atoms with Gasteiger partial charge in [0.25, 0.3) is 11.8 Å². The normalized spacial score (nSPS) is 10.2. The number of rotatable bonds is 4. The molecule has 7 nitrogen and oxygen atoms in total. The topological polar surface area (TPSA) is 99.8 Å². The van der Waals surface area contributed by atoms with E-state index >= 15 is 0 Å². The summed E-state index contributed by atoms with van der Waals surface area (Å²) in [4.78, 5) is 25.3. The van der Waals surface area contributed by atoms with Crippen LogP contribution in [0.15, 0.2) is 91.1 Å². The summed E-state index contributed by atoms with van der Waals surface area (Å²) in [6.07, 6.45) is 1.62. The number of carbonyl (C=O) groups excluding carboxylic acids is 2. The van der Waals surface area contributed by atoms with Crippen molar-refractivity contribution >= 4 is 11.8 Å². The van der Waals surface area contributed by atoms with Crippen LogP contribution in [0.5, 0.6) is 0 Å². The lowest BCUT2D eigenvalue weighted by molar-refractivity contribution is 0.0847. The number of hydrazine groups is 1. The predicted molar refractivity (Wildman–Crippen MR) is 115 cm³/mol. The summed E-state index contributed by atoms with van der Waals surface area (Å²) in [6, 6.07) is 27.0. The first-order valence-electron chi connectivity index (χ1n) is 9.47. The van der Waals surface area contributed by atoms with Crippen LogP contribution in [0.4, 0.5) is 0 Å². The SMILES string of the molecule is N#Cc1cccc(C(=O)NNC(=O)c2cn(-c3ccccc3)nc2-c2ccccc2)c1. The number of carbonyl (C=O) groups is 2. The molecule has 7 heteroatoms. The molecule has 0 aliphatic heterocycles. The molecule has 150 valence electrons. The van der Waals surface area contributed by atoms with Crippen molar-refractivity contribution < 1.29 is 9.59 Å². The van der Waals surface area contributed by atoms with Crippen LogP contribution in [0.25, 0.3) is 16.9 Å². The molecule has 0 saturated carbocycles. The fraction of sp³-hybridized carbons (Fsp3) is 0. The van der Waals surface area contributed by atoms with Crippen LogP contribution in [0.2, 0.25) is 0 Å². The highest BCUT2D eigenvalue weighted by Crippen LogP contribution is 2.23. The van der Waals surface area contributed by atoms with Gasteiger partial charge < -0.3 is 0 Å². The fourth-order valence-electron chi connectivity index (χ4n) is 3.05. The maximum Gasteiger partial charge on any atom is 0.273 e. The standard InChI is InChI=1S/C24H17N5O2/c25-15-17-8-7-11-19(14-17)23(30)26-27-24(31)21-16-29(20-12-5-2-6-13-20)28-22(21)18-9-3-1-4-10-18/h1-14,16H,(H,26,30)(H,27,31). The Kier molecular flexibility index (Phi) is 5.54. The molecule has 3 aromatic carbocycles. The van der Waals surface area contributed by atoms with Gasteiger partial charge in [-0.3, -0.25) is 20.4 Å². The number of amides is 2. The highest BCUT2D eigenvalue weighted by Gasteiger charge is 2.19. The second-order valence-corrected chi connectivity index (χ2v) is 6.64. The van der Waals surface area contributed by atoms with Gasteiger partial charge in [0.05, 0.1) is 22.9 Å². The van der Waals surface area contributed by atoms with Gasteiger partial charge in [0.1, 0.15) is 5.69 Å². The quantitative estimate of drug-likeness (QED) is 0.506. The highest BCUT2D eigenvalue weighted by atomic mass is 16.2. The summed E-state index contributed by atoms with van der Waals surface area (Å²) in [7, 11) is 0. The maximum absolute atomic E-state index is 12.9. The number of nitrogens with one attached hydrogen (secondary N) is 2. The van der Waals surface area contributed by atoms with Gasteiger partial charge in [-0.15, -0.1) is 0 Å². The Balaban J connectivity index is 1.60. The van der Waals surface area contributed by atoms with E-state index in [1.807, 2.05) is 66.7 Å². The van der Waals surface area contributed by atoms with E-state index < -0.39 is 11.8 Å². The molecule has 1 aromatic heterocycles. The number of para-hydroxylation sites is 1. The van der Waals surface area contributed by atoms with Gasteiger partial charge in [-0.05, 0) is 30.3 Å². The first kappa shape index (κ1) is 19.6. The van der Waals surface area contributed by atoms with Crippen molar-refractivity contribution in [2.45, 2.75) is 0 Å². The molecule has 0 bridgehead atoms. The number of nitriles is 1. The molecule has 0 aliphatic carbocycles. The lowest BCUT2D eigenvalue weighted by Gasteiger charge is -2.07. The van der Waals surface area contributed by atoms with Crippen molar-refractivity contribution in [1.82, 2.24) is 20.6 Å². The third-order valence-electron chi connectivity index (χ3n) is 4.57. The lowest BCUT2D eigenvalue weighted by Crippen LogP contribution is -2.41. The Morgan fingerprint density at radius 2 is 1.52 bits per heavy atom. The average molecular weight is 407 g/mol. The molecule has 4 aromatic rings. The monoisotopic (exact) mass is 407 g/mol. The molecule has 0 aliphatic rings. The summed E-state index contributed by atoms with van der Waals surface area (Å²) in [5.74, 6) is -1.03. The molecular weight excluding hydrogens is 390 g/mol. The van der Waals surface area contributed by atoms with Gasteiger partial charge in [-0.1, -0.05) is 54.6 Å². The van der Waals surface area contributed by atoms with E-state index in [0.717, 1.165) is 11.3 Å². The van der Waals surface area contributed by atoms with Gasteiger partial charge in [0.15, 0.2) is 0 Å². The minimum Gasteiger partial charge on any atom is -0.267 e. The van der Waals surface area contributed by atoms with Crippen molar-refractivity contribution in [3.63, 3.8) is 0 Å². The number of aromatic nitrogens is 2. The molecule has 0 radical (unpaired) electrons. The van der Waals surface area contributed by atoms with Crippen LogP contribution in [0.1, 0.15) is 26.3 Å². The summed E-state index contributed by atoms with van der Waals surface area (Å²) in [5, 5.41) is 13.6. The van der Waals surface area contributed by atoms with Crippen molar-refractivity contribution in [2.75, 3.05) is 0 Å². The number of hydrogen-bond donors (Lipinski definition) is 2. The maximum atomic E-state index is 12.9. The lowest BCUT2D eigenvalue weighted by atomic mass is 10.1. The largest absolute Gasteiger partial charge is 0.273 e. The van der Waals surface area contributed by atoms with E-state index in [1.54, 1.807) is 29.1 Å². The Morgan fingerprint density at radius 3 is 2.23 bits per heavy atom. The minimum absolute atomic E-state index is 0.266. The molecule has 0 fully saturated rings. The molecule has 0 spiro atoms. The van der Waals surface area contributed by atoms with E-state index in [-0.39, 0.29) is 5.56 Å². The van der Waals surface area contributed by atoms with Crippen molar-refractivity contribution in [2.24, 2.45) is 0 Å². The molecule has 1 heterocycles. The molecule has 0 atom stereocenters. The van der Waals surface area contributed by atoms with Crippen LogP contribution in [-0.2, 0) is 0 Å². The van der Waals surface area contributed by atoms with Crippen LogP contribution in [-0.4, -0.2) is 21.6 Å². The third kappa shape index (κ3) is 4.33. The average Bonchev–Trinajstić information content (AvgIpc) is 3.29. The molecule has 0 saturated heterocycles. The number of nitrogens with zero attached hydrogens (tertiary/aromatic N) is 3. The molecule has 0 unspecified atom stereocenters. The number of hydrogen-bond acceptors (Lipinski definition) is 4. The van der Waals surface area contributed by atoms with Gasteiger partial charge in [-0.25, -0.2) is 4.68 Å². The molecular formula is C24H17N5O2. The van der Waals surface area contributed by atoms with Gasteiger partial charge >= 0.3 is 0 Å². The first-order valence-corrected chi connectivity index (χ1v) is 9.47. The Morgan fingerprint density at radius 1 is 0.839 bits per heavy atom. The van der Waals surface area contributed by atoms with Gasteiger partial charge in [0, 0.05) is 17.3 Å². The zero-order chi connectivity index (χ0) is 21.6. The second-order valence-electron chi connectivity index (χ2n) is 6.64. The fourth-order valence-corrected chi connectivity index (χ4v) is 3.05. The molecule has 2 N–H and O–H groups in total. The smallest absolute Gasteiger partial charge is 0.267 e. The van der Waals surface area contributed by atoms with E-state index in [4.69, 9.17) is 5.26 Å². The van der Waals surface area contributed by atoms with E-state index in [1.165, 1.54) is 6.07 Å². The van der Waals surface area contributed by atoms with Crippen LogP contribution in [0.3, 0.4) is 0 Å². The zero-order valence-electron chi connectivity index (χ0n) is 16.3. The van der Waals surface area contributed by atoms with E-state index in [9.17, 15) is 9.59 Å². The van der Waals surface area contributed by atoms with Crippen LogP contribution < -0.4 is 10.9 Å². The van der Waals surface area contributed by atoms with Crippen molar-refractivity contribution in [3.05, 3.63) is 108 Å². The Labute approximate surface area is 178 Å². The minimum atomic E-state index is -0.526. The van der Waals surface area contributed by atoms with E-state index in [2.05, 4.69) is 16.0 Å². The molecule has 31 heavy (non-hydrogen) atoms. The highest BCUT2D eigenvalue weighted by molar-refractivity contribution is 6.02. The molecule has 2 amide bonds. The van der Waals surface area contributed by atoms with E-state index in [0.29, 0.717) is 16.8 Å². The van der Waals surface area contributed by atoms with Crippen LogP contribution in [0, 0.1) is 11.3 Å². The van der Waals surface area contributed by atoms with Crippen molar-refractivity contribution in [3.8, 4) is 23.0 Å². The molecule has 4 rings (SSSR count). The predicted octanol–water partition coefficient (Wildman–Crippen LogP) is 3.49. The van der Waals surface area contributed by atoms with Gasteiger partial charge in [-0.2, -0.15) is 10.4 Å². The zero-order valence-corrected chi connectivity index (χ0v) is 16.3. The summed E-state index contributed by atoms with van der Waals surface area (Å²) < 4.78 is 1.62. The van der Waals surface area contributed by atoms with Crippen LogP contribution >= 0.6 is 0 Å².